The van der Waals surface area contributed by atoms with Crippen LogP contribution < -0.4 is 4.74 Å². The summed E-state index contributed by atoms with van der Waals surface area (Å²) in [6.45, 7) is 8.18. The van der Waals surface area contributed by atoms with E-state index >= 15 is 0 Å². The largest absolute Gasteiger partial charge is 0.508 e. The minimum atomic E-state index is 0.275. The molecular weight excluding hydrogens is 394 g/mol. The molecule has 1 N–H and O–H groups in total. The Bertz CT molecular complexity index is 1010. The maximum absolute atomic E-state index is 9.83. The molecule has 3 aromatic carbocycles. The lowest BCUT2D eigenvalue weighted by atomic mass is 9.87. The molecule has 32 heavy (non-hydrogen) atoms. The first-order chi connectivity index (χ1) is 15.4. The van der Waals surface area contributed by atoms with Gasteiger partial charge in [-0.15, -0.1) is 0 Å². The van der Waals surface area contributed by atoms with Crippen LogP contribution in [-0.4, -0.2) is 37.3 Å². The minimum Gasteiger partial charge on any atom is -0.508 e. The molecule has 0 aliphatic heterocycles. The summed E-state index contributed by atoms with van der Waals surface area (Å²) in [5.74, 6) is 1.66. The van der Waals surface area contributed by atoms with Gasteiger partial charge in [-0.2, -0.15) is 0 Å². The molecule has 3 rings (SSSR count). The number of likely N-dealkylation sites (N-methyl/N-ethyl adjacent to an activating group) is 1. The van der Waals surface area contributed by atoms with Crippen molar-refractivity contribution in [2.75, 3.05) is 27.2 Å². The number of hydrogen-bond donors (Lipinski definition) is 1. The Morgan fingerprint density at radius 3 is 1.84 bits per heavy atom. The van der Waals surface area contributed by atoms with Crippen molar-refractivity contribution in [3.63, 3.8) is 0 Å². The van der Waals surface area contributed by atoms with E-state index in [0.717, 1.165) is 29.8 Å². The van der Waals surface area contributed by atoms with Gasteiger partial charge in [-0.3, -0.25) is 0 Å². The molecule has 3 nitrogen and oxygen atoms in total. The van der Waals surface area contributed by atoms with E-state index in [4.69, 9.17) is 4.74 Å². The Morgan fingerprint density at radius 1 is 0.812 bits per heavy atom. The van der Waals surface area contributed by atoms with Crippen LogP contribution >= 0.6 is 0 Å². The standard InChI is InChI=1S/C29H35NO2/c1-6-28(23-9-7-22(8-10-23)21(2)3)29(24-11-15-26(31)16-12-24)25-13-17-27(18-14-25)32-20-19-30(4)5/h7-18,21,31H,6,19-20H2,1-5H3/b29-28+. The van der Waals surface area contributed by atoms with E-state index in [1.54, 1.807) is 12.1 Å². The highest BCUT2D eigenvalue weighted by Crippen LogP contribution is 2.36. The van der Waals surface area contributed by atoms with Gasteiger partial charge >= 0.3 is 0 Å². The van der Waals surface area contributed by atoms with E-state index < -0.39 is 0 Å². The predicted octanol–water partition coefficient (Wildman–Crippen LogP) is 6.83. The van der Waals surface area contributed by atoms with Crippen LogP contribution in [0.2, 0.25) is 0 Å². The van der Waals surface area contributed by atoms with Crippen molar-refractivity contribution in [2.45, 2.75) is 33.1 Å². The van der Waals surface area contributed by atoms with E-state index in [1.807, 2.05) is 38.4 Å². The molecule has 0 amide bonds. The number of hydrogen-bond acceptors (Lipinski definition) is 3. The molecule has 0 spiro atoms. The van der Waals surface area contributed by atoms with Gasteiger partial charge in [0.25, 0.3) is 0 Å². The van der Waals surface area contributed by atoms with Gasteiger partial charge in [0.1, 0.15) is 18.1 Å². The fraction of sp³-hybridized carbons (Fsp3) is 0.310. The van der Waals surface area contributed by atoms with Crippen molar-refractivity contribution in [3.8, 4) is 11.5 Å². The van der Waals surface area contributed by atoms with Crippen molar-refractivity contribution in [1.29, 1.82) is 0 Å². The molecule has 0 heterocycles. The monoisotopic (exact) mass is 429 g/mol. The normalized spacial score (nSPS) is 12.2. The SMILES string of the molecule is CC/C(=C(/c1ccc(O)cc1)c1ccc(OCCN(C)C)cc1)c1ccc(C(C)C)cc1. The van der Waals surface area contributed by atoms with Crippen LogP contribution in [0.1, 0.15) is 55.4 Å². The summed E-state index contributed by atoms with van der Waals surface area (Å²) in [7, 11) is 4.09. The van der Waals surface area contributed by atoms with Gasteiger partial charge < -0.3 is 14.7 Å². The van der Waals surface area contributed by atoms with Gasteiger partial charge in [-0.05, 0) is 84.1 Å². The molecule has 0 fully saturated rings. The molecule has 3 aromatic rings. The van der Waals surface area contributed by atoms with Crippen molar-refractivity contribution in [2.24, 2.45) is 0 Å². The highest BCUT2D eigenvalue weighted by molar-refractivity contribution is 5.98. The topological polar surface area (TPSA) is 32.7 Å². The van der Waals surface area contributed by atoms with Gasteiger partial charge in [0.05, 0.1) is 0 Å². The van der Waals surface area contributed by atoms with Crippen LogP contribution in [0.5, 0.6) is 11.5 Å². The number of benzene rings is 3. The molecule has 0 aliphatic carbocycles. The second-order valence-electron chi connectivity index (χ2n) is 8.71. The Labute approximate surface area is 193 Å². The quantitative estimate of drug-likeness (QED) is 0.379. The van der Waals surface area contributed by atoms with E-state index in [1.165, 1.54) is 22.3 Å². The molecule has 0 saturated carbocycles. The number of phenols is 1. The molecule has 3 heteroatoms. The summed E-state index contributed by atoms with van der Waals surface area (Å²) in [4.78, 5) is 2.11. The van der Waals surface area contributed by atoms with Crippen LogP contribution in [0.15, 0.2) is 72.8 Å². The number of ether oxygens (including phenoxy) is 1. The molecule has 0 unspecified atom stereocenters. The molecule has 168 valence electrons. The van der Waals surface area contributed by atoms with Crippen LogP contribution in [0.25, 0.3) is 11.1 Å². The molecule has 0 aromatic heterocycles. The Kier molecular flexibility index (Phi) is 8.13. The molecule has 0 saturated heterocycles. The smallest absolute Gasteiger partial charge is 0.119 e. The van der Waals surface area contributed by atoms with Crippen LogP contribution in [0.3, 0.4) is 0 Å². The number of rotatable bonds is 9. The van der Waals surface area contributed by atoms with Crippen molar-refractivity contribution in [1.82, 2.24) is 4.90 Å². The van der Waals surface area contributed by atoms with Gasteiger partial charge in [-0.1, -0.05) is 69.3 Å². The van der Waals surface area contributed by atoms with Gasteiger partial charge in [0.2, 0.25) is 0 Å². The first-order valence-electron chi connectivity index (χ1n) is 11.4. The van der Waals surface area contributed by atoms with E-state index in [-0.39, 0.29) is 5.75 Å². The summed E-state index contributed by atoms with van der Waals surface area (Å²) in [5, 5.41) is 9.83. The first-order valence-corrected chi connectivity index (χ1v) is 11.4. The zero-order valence-electron chi connectivity index (χ0n) is 19.9. The van der Waals surface area contributed by atoms with Crippen molar-refractivity contribution < 1.29 is 9.84 Å². The van der Waals surface area contributed by atoms with Gasteiger partial charge in [0.15, 0.2) is 0 Å². The van der Waals surface area contributed by atoms with E-state index in [9.17, 15) is 5.11 Å². The van der Waals surface area contributed by atoms with Crippen LogP contribution in [0, 0.1) is 0 Å². The summed E-state index contributed by atoms with van der Waals surface area (Å²) < 4.78 is 5.89. The average molecular weight is 430 g/mol. The summed E-state index contributed by atoms with van der Waals surface area (Å²) in [6, 6.07) is 24.7. The predicted molar refractivity (Wildman–Crippen MR) is 135 cm³/mol. The lowest BCUT2D eigenvalue weighted by Gasteiger charge is -2.18. The molecular formula is C29H35NO2. The summed E-state index contributed by atoms with van der Waals surface area (Å²) >= 11 is 0. The fourth-order valence-electron chi connectivity index (χ4n) is 3.80. The second kappa shape index (κ2) is 11.0. The summed E-state index contributed by atoms with van der Waals surface area (Å²) in [5.41, 5.74) is 7.27. The third kappa shape index (κ3) is 6.02. The Hall–Kier alpha value is -3.04. The highest BCUT2D eigenvalue weighted by Gasteiger charge is 2.14. The number of phenolic OH excluding ortho intramolecular Hbond substituents is 1. The molecule has 0 radical (unpaired) electrons. The van der Waals surface area contributed by atoms with Crippen LogP contribution in [-0.2, 0) is 0 Å². The third-order valence-electron chi connectivity index (χ3n) is 5.69. The maximum atomic E-state index is 9.83. The zero-order valence-corrected chi connectivity index (χ0v) is 19.9. The number of nitrogens with zero attached hydrogens (tertiary/aromatic N) is 1. The number of allylic oxidation sites excluding steroid dienone is 1. The lowest BCUT2D eigenvalue weighted by molar-refractivity contribution is 0.261. The fourth-order valence-corrected chi connectivity index (χ4v) is 3.80. The van der Waals surface area contributed by atoms with E-state index in [0.29, 0.717) is 12.5 Å². The Balaban J connectivity index is 2.04. The summed E-state index contributed by atoms with van der Waals surface area (Å²) in [6.07, 6.45) is 0.901. The van der Waals surface area contributed by atoms with Crippen molar-refractivity contribution >= 4 is 11.1 Å². The third-order valence-corrected chi connectivity index (χ3v) is 5.69. The lowest BCUT2D eigenvalue weighted by Crippen LogP contribution is -2.19. The first kappa shape index (κ1) is 23.6. The maximum Gasteiger partial charge on any atom is 0.119 e. The molecule has 0 bridgehead atoms. The number of aromatic hydroxyl groups is 1. The zero-order chi connectivity index (χ0) is 23.1. The molecule has 0 atom stereocenters. The molecule has 0 aliphatic rings. The minimum absolute atomic E-state index is 0.275. The van der Waals surface area contributed by atoms with Crippen molar-refractivity contribution in [3.05, 3.63) is 95.1 Å². The highest BCUT2D eigenvalue weighted by atomic mass is 16.5. The van der Waals surface area contributed by atoms with Crippen LogP contribution in [0.4, 0.5) is 0 Å². The Morgan fingerprint density at radius 2 is 1.34 bits per heavy atom. The van der Waals surface area contributed by atoms with Gasteiger partial charge in [0, 0.05) is 6.54 Å². The van der Waals surface area contributed by atoms with Gasteiger partial charge in [-0.25, -0.2) is 0 Å². The van der Waals surface area contributed by atoms with E-state index in [2.05, 4.69) is 62.1 Å². The second-order valence-corrected chi connectivity index (χ2v) is 8.71. The average Bonchev–Trinajstić information content (AvgIpc) is 2.79.